The highest BCUT2D eigenvalue weighted by molar-refractivity contribution is 8.00. The summed E-state index contributed by atoms with van der Waals surface area (Å²) in [6, 6.07) is 0.0556. The van der Waals surface area contributed by atoms with Crippen LogP contribution in [0.2, 0.25) is 0 Å². The number of carbonyl (C=O) groups excluding carboxylic acids is 4. The molecule has 0 spiro atoms. The fourth-order valence-corrected chi connectivity index (χ4v) is 4.59. The minimum absolute atomic E-state index is 0.105. The van der Waals surface area contributed by atoms with Gasteiger partial charge in [-0.15, -0.1) is 16.8 Å². The molecule has 0 radical (unpaired) electrons. The topological polar surface area (TPSA) is 105 Å². The maximum Gasteiger partial charge on any atom is 0.333 e. The van der Waals surface area contributed by atoms with Crippen molar-refractivity contribution in [3.63, 3.8) is 0 Å². The summed E-state index contributed by atoms with van der Waals surface area (Å²) >= 11 is 1.74. The number of thioether (sulfide) groups is 1. The fraction of sp³-hybridized carbons (Fsp3) is 0.714. The number of carbonyl (C=O) groups is 4. The zero-order chi connectivity index (χ0) is 16.4. The maximum atomic E-state index is 11.7. The predicted octanol–water partition coefficient (Wildman–Crippen LogP) is 0.524. The maximum absolute atomic E-state index is 11.7. The molecule has 3 heterocycles. The Kier molecular flexibility index (Phi) is 4.74. The molecular formula is C14H19N3O5S. The van der Waals surface area contributed by atoms with Crippen LogP contribution in [0.5, 0.6) is 0 Å². The van der Waals surface area contributed by atoms with Crippen molar-refractivity contribution in [1.29, 1.82) is 0 Å². The molecule has 3 saturated heterocycles. The first-order valence-corrected chi connectivity index (χ1v) is 8.84. The van der Waals surface area contributed by atoms with Gasteiger partial charge in [0.2, 0.25) is 0 Å². The summed E-state index contributed by atoms with van der Waals surface area (Å²) in [5.41, 5.74) is 0. The number of hydrogen-bond donors (Lipinski definition) is 2. The fourth-order valence-electron chi connectivity index (χ4n) is 3.07. The van der Waals surface area contributed by atoms with E-state index < -0.39 is 17.8 Å². The van der Waals surface area contributed by atoms with Crippen molar-refractivity contribution >= 4 is 35.6 Å². The van der Waals surface area contributed by atoms with Gasteiger partial charge in [-0.2, -0.15) is 0 Å². The van der Waals surface area contributed by atoms with Gasteiger partial charge in [-0.25, -0.2) is 9.59 Å². The summed E-state index contributed by atoms with van der Waals surface area (Å²) < 4.78 is 0. The van der Waals surface area contributed by atoms with Crippen LogP contribution in [0.15, 0.2) is 0 Å². The first-order valence-electron chi connectivity index (χ1n) is 7.80. The molecule has 0 unspecified atom stereocenters. The van der Waals surface area contributed by atoms with Gasteiger partial charge in [0.1, 0.15) is 0 Å². The molecule has 3 aliphatic rings. The van der Waals surface area contributed by atoms with Crippen molar-refractivity contribution < 1.29 is 24.0 Å². The number of hydrogen-bond acceptors (Lipinski definition) is 6. The average molecular weight is 341 g/mol. The van der Waals surface area contributed by atoms with Gasteiger partial charge in [-0.3, -0.25) is 9.59 Å². The molecule has 8 nitrogen and oxygen atoms in total. The largest absolute Gasteiger partial charge is 0.333 e. The molecule has 23 heavy (non-hydrogen) atoms. The van der Waals surface area contributed by atoms with Crippen molar-refractivity contribution in [3.05, 3.63) is 0 Å². The highest BCUT2D eigenvalue weighted by Crippen LogP contribution is 2.35. The van der Waals surface area contributed by atoms with E-state index in [1.54, 1.807) is 11.8 Å². The average Bonchev–Trinajstić information content (AvgIpc) is 3.14. The number of nitrogens with one attached hydrogen (secondary N) is 2. The number of hydroxylamine groups is 2. The van der Waals surface area contributed by atoms with Gasteiger partial charge in [-0.1, -0.05) is 6.42 Å². The quantitative estimate of drug-likeness (QED) is 0.539. The van der Waals surface area contributed by atoms with Crippen LogP contribution in [0, 0.1) is 5.92 Å². The second kappa shape index (κ2) is 6.77. The zero-order valence-corrected chi connectivity index (χ0v) is 13.4. The minimum Gasteiger partial charge on any atom is -0.332 e. The summed E-state index contributed by atoms with van der Waals surface area (Å²) in [4.78, 5) is 50.5. The third-order valence-electron chi connectivity index (χ3n) is 4.30. The van der Waals surface area contributed by atoms with Gasteiger partial charge in [-0.05, 0) is 18.8 Å². The Labute approximate surface area is 137 Å². The van der Waals surface area contributed by atoms with Crippen molar-refractivity contribution in [2.75, 3.05) is 5.75 Å². The van der Waals surface area contributed by atoms with E-state index in [0.717, 1.165) is 18.6 Å². The molecule has 3 rings (SSSR count). The minimum atomic E-state index is -0.553. The van der Waals surface area contributed by atoms with E-state index in [1.165, 1.54) is 0 Å². The molecule has 0 aromatic rings. The van der Waals surface area contributed by atoms with Crippen LogP contribution >= 0.6 is 11.8 Å². The van der Waals surface area contributed by atoms with Crippen LogP contribution in [-0.4, -0.2) is 46.0 Å². The molecule has 3 atom stereocenters. The lowest BCUT2D eigenvalue weighted by molar-refractivity contribution is -0.197. The van der Waals surface area contributed by atoms with Crippen molar-refractivity contribution in [2.24, 2.45) is 5.92 Å². The normalized spacial score (nSPS) is 29.5. The van der Waals surface area contributed by atoms with Gasteiger partial charge in [0.05, 0.1) is 11.4 Å². The molecule has 3 aliphatic heterocycles. The molecule has 9 heteroatoms. The number of unbranched alkanes of at least 4 members (excludes halogenated alkanes) is 1. The number of fused-ring (bicyclic) bond motifs is 1. The lowest BCUT2D eigenvalue weighted by atomic mass is 9.96. The Hall–Kier alpha value is -1.77. The Balaban J connectivity index is 1.34. The number of nitrogens with zero attached hydrogens (tertiary/aromatic N) is 1. The van der Waals surface area contributed by atoms with Crippen LogP contribution in [0.4, 0.5) is 4.79 Å². The monoisotopic (exact) mass is 341 g/mol. The van der Waals surface area contributed by atoms with Crippen LogP contribution in [-0.2, 0) is 19.2 Å². The molecule has 3 fully saturated rings. The summed E-state index contributed by atoms with van der Waals surface area (Å²) in [7, 11) is 0. The van der Waals surface area contributed by atoms with E-state index in [4.69, 9.17) is 4.84 Å². The van der Waals surface area contributed by atoms with Crippen molar-refractivity contribution in [2.45, 2.75) is 49.9 Å². The van der Waals surface area contributed by atoms with Crippen LogP contribution < -0.4 is 10.6 Å². The summed E-state index contributed by atoms with van der Waals surface area (Å²) in [5.74, 6) is -0.0716. The van der Waals surface area contributed by atoms with E-state index in [2.05, 4.69) is 10.6 Å². The predicted molar refractivity (Wildman–Crippen MR) is 80.8 cm³/mol. The molecule has 0 aliphatic carbocycles. The Bertz CT molecular complexity index is 525. The molecular weight excluding hydrogens is 322 g/mol. The Morgan fingerprint density at radius 2 is 1.91 bits per heavy atom. The highest BCUT2D eigenvalue weighted by Gasteiger charge is 2.42. The summed E-state index contributed by atoms with van der Waals surface area (Å²) in [6.45, 7) is 0. The van der Waals surface area contributed by atoms with Gasteiger partial charge in [0.15, 0.2) is 0 Å². The standard InChI is InChI=1S/C14H19N3O5S/c18-9-5-6-10(19)17(9)22-11(20)4-2-1-3-8-7-23-13-12(8)15-14(21)16-13/h8,12-13H,1-7H2,(H2,15,16,21)/t8-,12-,13+/m1/s1. The Morgan fingerprint density at radius 1 is 1.17 bits per heavy atom. The summed E-state index contributed by atoms with van der Waals surface area (Å²) in [5, 5.41) is 6.54. The Morgan fingerprint density at radius 3 is 2.65 bits per heavy atom. The van der Waals surface area contributed by atoms with Gasteiger partial charge in [0, 0.05) is 25.0 Å². The lowest BCUT2D eigenvalue weighted by Gasteiger charge is -2.16. The molecule has 126 valence electrons. The number of amides is 4. The van der Waals surface area contributed by atoms with Crippen LogP contribution in [0.3, 0.4) is 0 Å². The van der Waals surface area contributed by atoms with Gasteiger partial charge in [0.25, 0.3) is 11.8 Å². The van der Waals surface area contributed by atoms with E-state index in [0.29, 0.717) is 17.4 Å². The van der Waals surface area contributed by atoms with Gasteiger partial charge >= 0.3 is 12.0 Å². The van der Waals surface area contributed by atoms with E-state index in [1.807, 2.05) is 0 Å². The summed E-state index contributed by atoms with van der Waals surface area (Å²) in [6.07, 6.45) is 2.78. The highest BCUT2D eigenvalue weighted by atomic mass is 32.2. The first-order chi connectivity index (χ1) is 11.0. The van der Waals surface area contributed by atoms with Crippen LogP contribution in [0.1, 0.15) is 38.5 Å². The molecule has 4 amide bonds. The molecule has 2 N–H and O–H groups in total. The second-order valence-electron chi connectivity index (χ2n) is 5.95. The zero-order valence-electron chi connectivity index (χ0n) is 12.6. The molecule has 0 bridgehead atoms. The molecule has 0 aromatic carbocycles. The SMILES string of the molecule is O=C1N[C@@H]2[C@H](CCCCC(=O)ON3C(=O)CCC3=O)CS[C@@H]2N1. The van der Waals surface area contributed by atoms with Crippen molar-refractivity contribution in [1.82, 2.24) is 15.7 Å². The molecule has 0 saturated carbocycles. The third kappa shape index (κ3) is 3.60. The van der Waals surface area contributed by atoms with E-state index in [-0.39, 0.29) is 36.7 Å². The van der Waals surface area contributed by atoms with Gasteiger partial charge < -0.3 is 15.5 Å². The van der Waals surface area contributed by atoms with E-state index >= 15 is 0 Å². The number of imide groups is 1. The number of urea groups is 1. The van der Waals surface area contributed by atoms with Crippen molar-refractivity contribution in [3.8, 4) is 0 Å². The first kappa shape index (κ1) is 16.1. The lowest BCUT2D eigenvalue weighted by Crippen LogP contribution is -2.34. The van der Waals surface area contributed by atoms with E-state index in [9.17, 15) is 19.2 Å². The van der Waals surface area contributed by atoms with Crippen LogP contribution in [0.25, 0.3) is 0 Å². The number of rotatable bonds is 6. The smallest absolute Gasteiger partial charge is 0.332 e. The third-order valence-corrected chi connectivity index (χ3v) is 5.69. The second-order valence-corrected chi connectivity index (χ2v) is 7.12. The molecule has 0 aromatic heterocycles.